The van der Waals surface area contributed by atoms with Crippen LogP contribution >= 0.6 is 15.9 Å². The first-order valence-electron chi connectivity index (χ1n) is 5.51. The Bertz CT molecular complexity index is 335. The minimum absolute atomic E-state index is 0.0301. The van der Waals surface area contributed by atoms with Crippen molar-refractivity contribution in [3.8, 4) is 0 Å². The summed E-state index contributed by atoms with van der Waals surface area (Å²) in [6.45, 7) is 6.05. The average Bonchev–Trinajstić information content (AvgIpc) is 2.26. The number of carbonyl (C=O) groups is 1. The minimum atomic E-state index is -0.155. The Hall–Kier alpha value is -0.830. The summed E-state index contributed by atoms with van der Waals surface area (Å²) < 4.78 is 0. The van der Waals surface area contributed by atoms with Crippen molar-refractivity contribution >= 4 is 21.8 Å². The third kappa shape index (κ3) is 3.63. The predicted octanol–water partition coefficient (Wildman–Crippen LogP) is 3.28. The molecule has 1 aromatic rings. The summed E-state index contributed by atoms with van der Waals surface area (Å²) >= 11 is 3.28. The van der Waals surface area contributed by atoms with Crippen molar-refractivity contribution in [3.63, 3.8) is 0 Å². The smallest absolute Gasteiger partial charge is 0.233 e. The molecule has 1 aromatic carbocycles. The fourth-order valence-corrected chi connectivity index (χ4v) is 1.70. The molecular weight excluding hydrogens is 266 g/mol. The van der Waals surface area contributed by atoms with Crippen LogP contribution in [0, 0.1) is 5.92 Å². The molecule has 0 aromatic heterocycles. The van der Waals surface area contributed by atoms with Crippen LogP contribution in [0.3, 0.4) is 0 Å². The number of benzene rings is 1. The first-order chi connectivity index (χ1) is 7.52. The molecule has 0 saturated heterocycles. The van der Waals surface area contributed by atoms with E-state index in [0.29, 0.717) is 5.92 Å². The molecule has 0 radical (unpaired) electrons. The normalized spacial score (nSPS) is 14.6. The van der Waals surface area contributed by atoms with E-state index in [1.165, 1.54) is 0 Å². The molecule has 0 saturated carbocycles. The van der Waals surface area contributed by atoms with Gasteiger partial charge < -0.3 is 5.32 Å². The van der Waals surface area contributed by atoms with Crippen molar-refractivity contribution in [1.29, 1.82) is 0 Å². The number of carbonyl (C=O) groups excluding carboxylic acids is 1. The van der Waals surface area contributed by atoms with Crippen LogP contribution < -0.4 is 5.32 Å². The maximum atomic E-state index is 11.7. The third-order valence-electron chi connectivity index (χ3n) is 2.48. The highest BCUT2D eigenvalue weighted by Gasteiger charge is 2.19. The van der Waals surface area contributed by atoms with Crippen LogP contribution in [-0.2, 0) is 4.79 Å². The zero-order valence-electron chi connectivity index (χ0n) is 9.91. The molecule has 0 spiro atoms. The Morgan fingerprint density at radius 2 is 1.75 bits per heavy atom. The molecule has 1 rings (SSSR count). The van der Waals surface area contributed by atoms with Gasteiger partial charge in [-0.15, -0.1) is 0 Å². The van der Waals surface area contributed by atoms with Crippen LogP contribution in [0.25, 0.3) is 0 Å². The van der Waals surface area contributed by atoms with Crippen molar-refractivity contribution in [1.82, 2.24) is 5.32 Å². The molecule has 0 aliphatic heterocycles. The van der Waals surface area contributed by atoms with Gasteiger partial charge in [0.1, 0.15) is 0 Å². The quantitative estimate of drug-likeness (QED) is 0.845. The topological polar surface area (TPSA) is 29.1 Å². The molecule has 88 valence electrons. The monoisotopic (exact) mass is 283 g/mol. The highest BCUT2D eigenvalue weighted by atomic mass is 79.9. The fourth-order valence-electron chi connectivity index (χ4n) is 1.56. The lowest BCUT2D eigenvalue weighted by Gasteiger charge is -2.23. The van der Waals surface area contributed by atoms with Crippen LogP contribution in [0.2, 0.25) is 0 Å². The number of rotatable bonds is 4. The molecule has 2 unspecified atom stereocenters. The average molecular weight is 284 g/mol. The van der Waals surface area contributed by atoms with E-state index in [0.717, 1.165) is 5.56 Å². The second-order valence-electron chi connectivity index (χ2n) is 4.26. The number of hydrogen-bond donors (Lipinski definition) is 1. The molecule has 0 aliphatic rings. The molecule has 3 heteroatoms. The highest BCUT2D eigenvalue weighted by molar-refractivity contribution is 9.10. The Balaban J connectivity index is 2.81. The van der Waals surface area contributed by atoms with Crippen LogP contribution in [0.4, 0.5) is 0 Å². The summed E-state index contributed by atoms with van der Waals surface area (Å²) in [6, 6.07) is 10.1. The number of alkyl halides is 1. The molecule has 0 heterocycles. The molecule has 0 aliphatic carbocycles. The Labute approximate surface area is 106 Å². The van der Waals surface area contributed by atoms with Gasteiger partial charge in [-0.25, -0.2) is 0 Å². The lowest BCUT2D eigenvalue weighted by Crippen LogP contribution is -2.35. The van der Waals surface area contributed by atoms with E-state index in [2.05, 4.69) is 35.1 Å². The number of nitrogens with one attached hydrogen (secondary N) is 1. The van der Waals surface area contributed by atoms with Gasteiger partial charge in [-0.3, -0.25) is 4.79 Å². The number of halogens is 1. The summed E-state index contributed by atoms with van der Waals surface area (Å²) in [7, 11) is 0. The number of hydrogen-bond acceptors (Lipinski definition) is 1. The maximum absolute atomic E-state index is 11.7. The zero-order valence-corrected chi connectivity index (χ0v) is 11.5. The Morgan fingerprint density at radius 3 is 2.19 bits per heavy atom. The van der Waals surface area contributed by atoms with E-state index >= 15 is 0 Å². The lowest BCUT2D eigenvalue weighted by molar-refractivity contribution is -0.121. The lowest BCUT2D eigenvalue weighted by atomic mass is 9.96. The summed E-state index contributed by atoms with van der Waals surface area (Å²) in [5.74, 6) is 0.403. The van der Waals surface area contributed by atoms with E-state index in [4.69, 9.17) is 0 Å². The molecule has 1 amide bonds. The summed E-state index contributed by atoms with van der Waals surface area (Å²) in [5.41, 5.74) is 1.15. The highest BCUT2D eigenvalue weighted by Crippen LogP contribution is 2.21. The molecule has 16 heavy (non-hydrogen) atoms. The van der Waals surface area contributed by atoms with E-state index < -0.39 is 0 Å². The Morgan fingerprint density at radius 1 is 1.19 bits per heavy atom. The van der Waals surface area contributed by atoms with Crippen molar-refractivity contribution in [2.75, 3.05) is 0 Å². The zero-order chi connectivity index (χ0) is 12.1. The molecule has 1 N–H and O–H groups in total. The minimum Gasteiger partial charge on any atom is -0.348 e. The second kappa shape index (κ2) is 6.04. The van der Waals surface area contributed by atoms with E-state index in [1.807, 2.05) is 37.3 Å². The van der Waals surface area contributed by atoms with E-state index in [-0.39, 0.29) is 16.8 Å². The summed E-state index contributed by atoms with van der Waals surface area (Å²) in [4.78, 5) is 11.5. The van der Waals surface area contributed by atoms with E-state index in [9.17, 15) is 4.79 Å². The molecular formula is C13H18BrNO. The van der Waals surface area contributed by atoms with Crippen LogP contribution in [-0.4, -0.2) is 10.7 Å². The van der Waals surface area contributed by atoms with Gasteiger partial charge in [-0.1, -0.05) is 60.1 Å². The predicted molar refractivity (Wildman–Crippen MR) is 70.6 cm³/mol. The van der Waals surface area contributed by atoms with Gasteiger partial charge in [-0.2, -0.15) is 0 Å². The van der Waals surface area contributed by atoms with Gasteiger partial charge in [0.25, 0.3) is 0 Å². The van der Waals surface area contributed by atoms with Crippen molar-refractivity contribution in [3.05, 3.63) is 35.9 Å². The molecule has 0 fully saturated rings. The van der Waals surface area contributed by atoms with Gasteiger partial charge in [0.15, 0.2) is 0 Å². The maximum Gasteiger partial charge on any atom is 0.233 e. The standard InChI is InChI=1S/C13H18BrNO/c1-9(2)12(15-13(16)10(3)14)11-7-5-4-6-8-11/h4-10,12H,1-3H3,(H,15,16). The Kier molecular flexibility index (Phi) is 5.00. The SMILES string of the molecule is CC(Br)C(=O)NC(c1ccccc1)C(C)C. The van der Waals surface area contributed by atoms with Gasteiger partial charge in [0.05, 0.1) is 10.9 Å². The first-order valence-corrected chi connectivity index (χ1v) is 6.43. The van der Waals surface area contributed by atoms with Crippen LogP contribution in [0.15, 0.2) is 30.3 Å². The van der Waals surface area contributed by atoms with Gasteiger partial charge in [0, 0.05) is 0 Å². The fraction of sp³-hybridized carbons (Fsp3) is 0.462. The third-order valence-corrected chi connectivity index (χ3v) is 2.90. The first kappa shape index (κ1) is 13.2. The second-order valence-corrected chi connectivity index (χ2v) is 5.63. The number of amides is 1. The van der Waals surface area contributed by atoms with Crippen LogP contribution in [0.1, 0.15) is 32.4 Å². The van der Waals surface area contributed by atoms with Crippen LogP contribution in [0.5, 0.6) is 0 Å². The van der Waals surface area contributed by atoms with Gasteiger partial charge >= 0.3 is 0 Å². The van der Waals surface area contributed by atoms with Gasteiger partial charge in [-0.05, 0) is 18.4 Å². The largest absolute Gasteiger partial charge is 0.348 e. The van der Waals surface area contributed by atoms with Crippen molar-refractivity contribution in [2.24, 2.45) is 5.92 Å². The summed E-state index contributed by atoms with van der Waals surface area (Å²) in [6.07, 6.45) is 0. The van der Waals surface area contributed by atoms with Crippen molar-refractivity contribution < 1.29 is 4.79 Å². The van der Waals surface area contributed by atoms with Gasteiger partial charge in [0.2, 0.25) is 5.91 Å². The molecule has 2 nitrogen and oxygen atoms in total. The molecule has 0 bridgehead atoms. The molecule has 2 atom stereocenters. The van der Waals surface area contributed by atoms with E-state index in [1.54, 1.807) is 0 Å². The van der Waals surface area contributed by atoms with Crippen molar-refractivity contribution in [2.45, 2.75) is 31.6 Å². The summed E-state index contributed by atoms with van der Waals surface area (Å²) in [5, 5.41) is 3.05.